The van der Waals surface area contributed by atoms with Crippen LogP contribution in [0.5, 0.6) is 5.75 Å². The number of benzene rings is 2. The number of amides is 2. The number of para-hydroxylation sites is 1. The minimum absolute atomic E-state index is 0.0110. The van der Waals surface area contributed by atoms with Gasteiger partial charge in [0.2, 0.25) is 0 Å². The van der Waals surface area contributed by atoms with E-state index in [-0.39, 0.29) is 16.8 Å². The minimum Gasteiger partial charge on any atom is -0.490 e. The maximum absolute atomic E-state index is 12.9. The zero-order valence-corrected chi connectivity index (χ0v) is 17.1. The lowest BCUT2D eigenvalue weighted by Crippen LogP contribution is -2.54. The van der Waals surface area contributed by atoms with Gasteiger partial charge in [-0.2, -0.15) is 0 Å². The molecule has 0 spiro atoms. The van der Waals surface area contributed by atoms with Crippen LogP contribution >= 0.6 is 28.1 Å². The molecule has 0 saturated carbocycles. The number of carbonyl (C=O) groups excluding carboxylic acids is 2. The lowest BCUT2D eigenvalue weighted by atomic mass is 10.1. The van der Waals surface area contributed by atoms with Crippen LogP contribution in [0.2, 0.25) is 0 Å². The van der Waals surface area contributed by atoms with Gasteiger partial charge in [0, 0.05) is 0 Å². The Bertz CT molecular complexity index is 941. The van der Waals surface area contributed by atoms with E-state index in [9.17, 15) is 9.59 Å². The standard InChI is InChI=1S/C20H17BrN2O3S/c1-12(2)26-17-9-8-13(11-16(17)21)10-15-18(24)22-20(27)23(19(15)25)14-6-4-3-5-7-14/h3-12H,1-2H3,(H,22,24,27)/b15-10-. The number of anilines is 1. The first-order valence-corrected chi connectivity index (χ1v) is 9.49. The lowest BCUT2D eigenvalue weighted by molar-refractivity contribution is -0.122. The fourth-order valence-corrected chi connectivity index (χ4v) is 3.36. The molecule has 1 N–H and O–H groups in total. The molecule has 5 nitrogen and oxygen atoms in total. The summed E-state index contributed by atoms with van der Waals surface area (Å²) in [6, 6.07) is 14.3. The van der Waals surface area contributed by atoms with Crippen LogP contribution in [0, 0.1) is 0 Å². The molecule has 1 saturated heterocycles. The van der Waals surface area contributed by atoms with E-state index in [1.165, 1.54) is 4.90 Å². The molecule has 0 atom stereocenters. The topological polar surface area (TPSA) is 58.6 Å². The molecule has 0 aliphatic carbocycles. The second-order valence-electron chi connectivity index (χ2n) is 6.15. The third-order valence-electron chi connectivity index (χ3n) is 3.75. The van der Waals surface area contributed by atoms with Crippen LogP contribution in [-0.2, 0) is 9.59 Å². The number of nitrogens with zero attached hydrogens (tertiary/aromatic N) is 1. The first-order valence-electron chi connectivity index (χ1n) is 8.29. The molecule has 1 aliphatic rings. The van der Waals surface area contributed by atoms with Gasteiger partial charge in [-0.05, 0) is 77.9 Å². The van der Waals surface area contributed by atoms with Gasteiger partial charge in [-0.3, -0.25) is 19.8 Å². The monoisotopic (exact) mass is 444 g/mol. The number of carbonyl (C=O) groups is 2. The molecule has 0 aromatic heterocycles. The second-order valence-corrected chi connectivity index (χ2v) is 7.39. The Morgan fingerprint density at radius 1 is 1.15 bits per heavy atom. The number of hydrogen-bond acceptors (Lipinski definition) is 4. The predicted molar refractivity (Wildman–Crippen MR) is 113 cm³/mol. The molecule has 2 aromatic rings. The van der Waals surface area contributed by atoms with Crippen molar-refractivity contribution < 1.29 is 14.3 Å². The summed E-state index contributed by atoms with van der Waals surface area (Å²) >= 11 is 8.64. The average Bonchev–Trinajstić information content (AvgIpc) is 2.61. The van der Waals surface area contributed by atoms with E-state index in [0.29, 0.717) is 17.0 Å². The van der Waals surface area contributed by atoms with Crippen LogP contribution in [0.4, 0.5) is 5.69 Å². The van der Waals surface area contributed by atoms with Crippen molar-refractivity contribution in [1.82, 2.24) is 5.32 Å². The van der Waals surface area contributed by atoms with Crippen molar-refractivity contribution in [3.63, 3.8) is 0 Å². The molecule has 1 fully saturated rings. The molecular weight excluding hydrogens is 428 g/mol. The number of rotatable bonds is 4. The smallest absolute Gasteiger partial charge is 0.270 e. The molecule has 2 amide bonds. The summed E-state index contributed by atoms with van der Waals surface area (Å²) in [5, 5.41) is 2.64. The van der Waals surface area contributed by atoms with Crippen molar-refractivity contribution in [2.24, 2.45) is 0 Å². The predicted octanol–water partition coefficient (Wildman–Crippen LogP) is 4.07. The minimum atomic E-state index is -0.518. The van der Waals surface area contributed by atoms with E-state index in [4.69, 9.17) is 17.0 Å². The van der Waals surface area contributed by atoms with Gasteiger partial charge in [-0.15, -0.1) is 0 Å². The molecule has 27 heavy (non-hydrogen) atoms. The third kappa shape index (κ3) is 4.26. The van der Waals surface area contributed by atoms with Gasteiger partial charge in [0.25, 0.3) is 11.8 Å². The van der Waals surface area contributed by atoms with Crippen molar-refractivity contribution >= 4 is 56.8 Å². The largest absolute Gasteiger partial charge is 0.490 e. The summed E-state index contributed by atoms with van der Waals surface area (Å²) in [5.74, 6) is -0.289. The van der Waals surface area contributed by atoms with E-state index < -0.39 is 11.8 Å². The zero-order valence-electron chi connectivity index (χ0n) is 14.7. The van der Waals surface area contributed by atoms with Gasteiger partial charge in [0.05, 0.1) is 16.3 Å². The van der Waals surface area contributed by atoms with Crippen molar-refractivity contribution in [3.05, 3.63) is 64.1 Å². The lowest BCUT2D eigenvalue weighted by Gasteiger charge is -2.28. The van der Waals surface area contributed by atoms with E-state index in [0.717, 1.165) is 4.47 Å². The molecule has 2 aromatic carbocycles. The van der Waals surface area contributed by atoms with E-state index in [1.807, 2.05) is 19.9 Å². The Hall–Kier alpha value is -2.51. The summed E-state index contributed by atoms with van der Waals surface area (Å²) in [7, 11) is 0. The molecule has 0 radical (unpaired) electrons. The summed E-state index contributed by atoms with van der Waals surface area (Å²) in [5.41, 5.74) is 1.30. The van der Waals surface area contributed by atoms with Crippen LogP contribution in [0.15, 0.2) is 58.6 Å². The maximum atomic E-state index is 12.9. The highest BCUT2D eigenvalue weighted by molar-refractivity contribution is 9.10. The van der Waals surface area contributed by atoms with E-state index >= 15 is 0 Å². The Balaban J connectivity index is 1.95. The highest BCUT2D eigenvalue weighted by Gasteiger charge is 2.34. The highest BCUT2D eigenvalue weighted by Crippen LogP contribution is 2.28. The molecule has 0 bridgehead atoms. The van der Waals surface area contributed by atoms with Crippen LogP contribution in [0.3, 0.4) is 0 Å². The first kappa shape index (κ1) is 19.3. The number of halogens is 1. The van der Waals surface area contributed by atoms with Crippen LogP contribution in [0.25, 0.3) is 6.08 Å². The fourth-order valence-electron chi connectivity index (χ4n) is 2.59. The van der Waals surface area contributed by atoms with Gasteiger partial charge in [0.15, 0.2) is 5.11 Å². The van der Waals surface area contributed by atoms with E-state index in [2.05, 4.69) is 21.2 Å². The zero-order chi connectivity index (χ0) is 19.6. The summed E-state index contributed by atoms with van der Waals surface area (Å²) in [4.78, 5) is 26.6. The Labute approximate surface area is 171 Å². The van der Waals surface area contributed by atoms with Crippen molar-refractivity contribution in [3.8, 4) is 5.75 Å². The number of nitrogens with one attached hydrogen (secondary N) is 1. The summed E-state index contributed by atoms with van der Waals surface area (Å²) in [6.45, 7) is 3.88. The van der Waals surface area contributed by atoms with Gasteiger partial charge >= 0.3 is 0 Å². The molecule has 0 unspecified atom stereocenters. The molecule has 1 heterocycles. The van der Waals surface area contributed by atoms with Crippen molar-refractivity contribution in [2.45, 2.75) is 20.0 Å². The Morgan fingerprint density at radius 3 is 2.48 bits per heavy atom. The second kappa shape index (κ2) is 8.02. The normalized spacial score (nSPS) is 16.1. The number of ether oxygens (including phenoxy) is 1. The van der Waals surface area contributed by atoms with Crippen LogP contribution in [0.1, 0.15) is 19.4 Å². The van der Waals surface area contributed by atoms with Gasteiger partial charge < -0.3 is 4.74 Å². The molecule has 7 heteroatoms. The molecular formula is C20H17BrN2O3S. The number of thiocarbonyl (C=S) groups is 1. The van der Waals surface area contributed by atoms with Gasteiger partial charge in [0.1, 0.15) is 11.3 Å². The Kier molecular flexibility index (Phi) is 5.72. The highest BCUT2D eigenvalue weighted by atomic mass is 79.9. The molecule has 3 rings (SSSR count). The summed E-state index contributed by atoms with van der Waals surface area (Å²) < 4.78 is 6.42. The molecule has 138 valence electrons. The van der Waals surface area contributed by atoms with E-state index in [1.54, 1.807) is 48.5 Å². The summed E-state index contributed by atoms with van der Waals surface area (Å²) in [6.07, 6.45) is 1.58. The third-order valence-corrected chi connectivity index (χ3v) is 4.65. The first-order chi connectivity index (χ1) is 12.9. The fraction of sp³-hybridized carbons (Fsp3) is 0.150. The maximum Gasteiger partial charge on any atom is 0.270 e. The van der Waals surface area contributed by atoms with Crippen LogP contribution < -0.4 is 15.0 Å². The molecule has 1 aliphatic heterocycles. The van der Waals surface area contributed by atoms with Crippen molar-refractivity contribution in [2.75, 3.05) is 4.90 Å². The number of hydrogen-bond donors (Lipinski definition) is 1. The average molecular weight is 445 g/mol. The SMILES string of the molecule is CC(C)Oc1ccc(/C=C2/C(=O)NC(=S)N(c3ccccc3)C2=O)cc1Br. The quantitative estimate of drug-likeness (QED) is 0.438. The Morgan fingerprint density at radius 2 is 1.85 bits per heavy atom. The van der Waals surface area contributed by atoms with Gasteiger partial charge in [-0.25, -0.2) is 0 Å². The van der Waals surface area contributed by atoms with Crippen LogP contribution in [-0.4, -0.2) is 23.0 Å². The van der Waals surface area contributed by atoms with Crippen molar-refractivity contribution in [1.29, 1.82) is 0 Å². The van der Waals surface area contributed by atoms with Gasteiger partial charge in [-0.1, -0.05) is 24.3 Å².